The number of hydrogen-bond acceptors (Lipinski definition) is 4. The maximum atomic E-state index is 14.4. The van der Waals surface area contributed by atoms with Gasteiger partial charge in [0.15, 0.2) is 9.84 Å². The lowest BCUT2D eigenvalue weighted by Crippen LogP contribution is -2.50. The second-order valence-electron chi connectivity index (χ2n) is 7.37. The largest absolute Gasteiger partial charge is 0.435 e. The van der Waals surface area contributed by atoms with Crippen molar-refractivity contribution in [2.24, 2.45) is 0 Å². The third-order valence-corrected chi connectivity index (χ3v) is 6.46. The molecule has 3 aromatic rings. The molecule has 0 amide bonds. The van der Waals surface area contributed by atoms with Crippen LogP contribution < -0.4 is 0 Å². The molecule has 0 saturated heterocycles. The van der Waals surface area contributed by atoms with Crippen molar-refractivity contribution in [2.75, 3.05) is 6.26 Å². The van der Waals surface area contributed by atoms with Crippen LogP contribution in [0.1, 0.15) is 11.1 Å². The highest BCUT2D eigenvalue weighted by molar-refractivity contribution is 7.89. The standard InChI is InChI=1S/C19H11Cl3F7N3O2S/c1-35(33,34)8-10-4-9(2-3-12(10)20)15-7-32(31-30-15)16-13(21)5-11(6-14(16)22)17(23,18(24,25)26)19(27,28)29/h2-7H,8H2,1H3. The van der Waals surface area contributed by atoms with Crippen LogP contribution in [0.25, 0.3) is 16.9 Å². The minimum Gasteiger partial charge on any atom is -0.229 e. The summed E-state index contributed by atoms with van der Waals surface area (Å²) in [7, 11) is -3.44. The minimum absolute atomic E-state index is 0.109. The highest BCUT2D eigenvalue weighted by atomic mass is 35.5. The molecule has 1 aromatic heterocycles. The molecule has 0 aliphatic carbocycles. The molecule has 0 aliphatic rings. The zero-order valence-electron chi connectivity index (χ0n) is 17.0. The number of hydrogen-bond donors (Lipinski definition) is 0. The molecule has 190 valence electrons. The van der Waals surface area contributed by atoms with Crippen LogP contribution in [0.5, 0.6) is 0 Å². The predicted molar refractivity (Wildman–Crippen MR) is 115 cm³/mol. The van der Waals surface area contributed by atoms with Gasteiger partial charge in [0.1, 0.15) is 11.4 Å². The van der Waals surface area contributed by atoms with Gasteiger partial charge >= 0.3 is 18.0 Å². The van der Waals surface area contributed by atoms with E-state index in [4.69, 9.17) is 34.8 Å². The van der Waals surface area contributed by atoms with Crippen molar-refractivity contribution in [1.82, 2.24) is 15.0 Å². The predicted octanol–water partition coefficient (Wildman–Crippen LogP) is 6.73. The van der Waals surface area contributed by atoms with Crippen LogP contribution in [0.3, 0.4) is 0 Å². The van der Waals surface area contributed by atoms with Gasteiger partial charge < -0.3 is 0 Å². The summed E-state index contributed by atoms with van der Waals surface area (Å²) in [6.45, 7) is 0. The molecule has 16 heteroatoms. The molecule has 0 aliphatic heterocycles. The zero-order valence-corrected chi connectivity index (χ0v) is 20.1. The van der Waals surface area contributed by atoms with Crippen molar-refractivity contribution in [2.45, 2.75) is 23.8 Å². The molecular weight excluding hydrogens is 574 g/mol. The Bertz CT molecular complexity index is 1350. The number of halogens is 10. The lowest BCUT2D eigenvalue weighted by Gasteiger charge is -2.30. The van der Waals surface area contributed by atoms with E-state index in [-0.39, 0.29) is 39.9 Å². The molecule has 3 rings (SSSR count). The van der Waals surface area contributed by atoms with E-state index >= 15 is 0 Å². The van der Waals surface area contributed by atoms with Crippen LogP contribution in [0, 0.1) is 0 Å². The Morgan fingerprint density at radius 1 is 0.886 bits per heavy atom. The van der Waals surface area contributed by atoms with E-state index in [1.54, 1.807) is 0 Å². The normalized spacial score (nSPS) is 13.3. The van der Waals surface area contributed by atoms with Crippen molar-refractivity contribution in [1.29, 1.82) is 0 Å². The van der Waals surface area contributed by atoms with Crippen LogP contribution in [0.2, 0.25) is 15.1 Å². The monoisotopic (exact) mass is 583 g/mol. The summed E-state index contributed by atoms with van der Waals surface area (Å²) >= 11 is 17.8. The fraction of sp³-hybridized carbons (Fsp3) is 0.263. The number of benzene rings is 2. The van der Waals surface area contributed by atoms with Crippen LogP contribution in [-0.2, 0) is 21.3 Å². The molecule has 1 heterocycles. The first-order valence-corrected chi connectivity index (χ1v) is 12.3. The lowest BCUT2D eigenvalue weighted by atomic mass is 9.94. The van der Waals surface area contributed by atoms with Crippen molar-refractivity contribution in [3.8, 4) is 16.9 Å². The van der Waals surface area contributed by atoms with Crippen molar-refractivity contribution < 1.29 is 39.2 Å². The van der Waals surface area contributed by atoms with Crippen LogP contribution >= 0.6 is 34.8 Å². The SMILES string of the molecule is CS(=O)(=O)Cc1cc(-c2cn(-c3c(Cl)cc(C(F)(C(F)(F)F)C(F)(F)F)cc3Cl)nn2)ccc1Cl. The number of rotatable bonds is 5. The first kappa shape index (κ1) is 27.5. The van der Waals surface area contributed by atoms with Gasteiger partial charge in [-0.25, -0.2) is 17.5 Å². The molecule has 0 saturated carbocycles. The maximum absolute atomic E-state index is 14.4. The van der Waals surface area contributed by atoms with Gasteiger partial charge in [-0.1, -0.05) is 46.1 Å². The van der Waals surface area contributed by atoms with Crippen LogP contribution in [0.4, 0.5) is 30.7 Å². The molecule has 0 atom stereocenters. The van der Waals surface area contributed by atoms with E-state index in [2.05, 4.69) is 10.3 Å². The third kappa shape index (κ3) is 5.37. The summed E-state index contributed by atoms with van der Waals surface area (Å²) in [6, 6.07) is 4.59. The molecule has 0 radical (unpaired) electrons. The maximum Gasteiger partial charge on any atom is 0.435 e. The first-order valence-electron chi connectivity index (χ1n) is 9.06. The van der Waals surface area contributed by atoms with E-state index in [1.165, 1.54) is 24.4 Å². The van der Waals surface area contributed by atoms with Gasteiger partial charge in [0.05, 0.1) is 22.0 Å². The molecule has 0 spiro atoms. The summed E-state index contributed by atoms with van der Waals surface area (Å²) in [5.74, 6) is -0.379. The fourth-order valence-electron chi connectivity index (χ4n) is 3.10. The van der Waals surface area contributed by atoms with Crippen molar-refractivity contribution >= 4 is 44.6 Å². The van der Waals surface area contributed by atoms with Gasteiger partial charge in [-0.2, -0.15) is 26.3 Å². The summed E-state index contributed by atoms with van der Waals surface area (Å²) in [6.07, 6.45) is -10.5. The van der Waals surface area contributed by atoms with Gasteiger partial charge in [0.2, 0.25) is 0 Å². The van der Waals surface area contributed by atoms with Gasteiger partial charge in [0, 0.05) is 22.4 Å². The number of aromatic nitrogens is 3. The Morgan fingerprint density at radius 3 is 1.91 bits per heavy atom. The number of nitrogens with zero attached hydrogens (tertiary/aromatic N) is 3. The van der Waals surface area contributed by atoms with Gasteiger partial charge in [0.25, 0.3) is 0 Å². The molecule has 0 unspecified atom stereocenters. The summed E-state index contributed by atoms with van der Waals surface area (Å²) in [4.78, 5) is 0. The smallest absolute Gasteiger partial charge is 0.229 e. The van der Waals surface area contributed by atoms with Gasteiger partial charge in [-0.3, -0.25) is 0 Å². The van der Waals surface area contributed by atoms with Gasteiger partial charge in [-0.05, 0) is 29.8 Å². The third-order valence-electron chi connectivity index (χ3n) is 4.68. The minimum atomic E-state index is -6.35. The molecule has 2 aromatic carbocycles. The average molecular weight is 585 g/mol. The summed E-state index contributed by atoms with van der Waals surface area (Å²) in [5, 5.41) is 6.16. The zero-order chi connectivity index (χ0) is 26.6. The molecule has 0 fully saturated rings. The fourth-order valence-corrected chi connectivity index (χ4v) is 4.83. The Labute approximate surface area is 208 Å². The molecule has 0 N–H and O–H groups in total. The number of alkyl halides is 7. The summed E-state index contributed by atoms with van der Waals surface area (Å²) < 4.78 is 117. The van der Waals surface area contributed by atoms with Crippen LogP contribution in [-0.4, -0.2) is 42.0 Å². The van der Waals surface area contributed by atoms with Crippen LogP contribution in [0.15, 0.2) is 36.5 Å². The van der Waals surface area contributed by atoms with Crippen molar-refractivity contribution in [3.05, 3.63) is 62.7 Å². The van der Waals surface area contributed by atoms with E-state index in [0.29, 0.717) is 5.56 Å². The van der Waals surface area contributed by atoms with E-state index in [9.17, 15) is 39.2 Å². The van der Waals surface area contributed by atoms with E-state index in [0.717, 1.165) is 10.9 Å². The summed E-state index contributed by atoms with van der Waals surface area (Å²) in [5.41, 5.74) is -7.26. The highest BCUT2D eigenvalue weighted by Crippen LogP contribution is 2.54. The van der Waals surface area contributed by atoms with Gasteiger partial charge in [-0.15, -0.1) is 5.10 Å². The Morgan fingerprint density at radius 2 is 1.43 bits per heavy atom. The van der Waals surface area contributed by atoms with E-state index < -0.39 is 43.5 Å². The molecule has 5 nitrogen and oxygen atoms in total. The van der Waals surface area contributed by atoms with E-state index in [1.807, 2.05) is 0 Å². The molecule has 0 bridgehead atoms. The Balaban J connectivity index is 2.07. The van der Waals surface area contributed by atoms with Crippen molar-refractivity contribution in [3.63, 3.8) is 0 Å². The average Bonchev–Trinajstić information content (AvgIpc) is 3.15. The Hall–Kier alpha value is -2.09. The lowest BCUT2D eigenvalue weighted by molar-refractivity contribution is -0.348. The highest BCUT2D eigenvalue weighted by Gasteiger charge is 2.73. The first-order chi connectivity index (χ1) is 15.8. The quantitative estimate of drug-likeness (QED) is 0.312. The Kier molecular flexibility index (Phi) is 7.14. The second-order valence-corrected chi connectivity index (χ2v) is 10.7. The molecule has 35 heavy (non-hydrogen) atoms. The second kappa shape index (κ2) is 9.09. The number of sulfone groups is 1. The molecular formula is C19H11Cl3F7N3O2S. The topological polar surface area (TPSA) is 64.8 Å².